The van der Waals surface area contributed by atoms with Crippen LogP contribution in [0.25, 0.3) is 0 Å². The van der Waals surface area contributed by atoms with E-state index in [1.54, 1.807) is 6.20 Å². The molecule has 1 atom stereocenters. The Bertz CT molecular complexity index is 213. The van der Waals surface area contributed by atoms with Crippen molar-refractivity contribution in [2.45, 2.75) is 18.9 Å². The fraction of sp³-hybridized carbons (Fsp3) is 0.625. The molecular formula is C8H14N4. The van der Waals surface area contributed by atoms with Crippen LogP contribution in [0.2, 0.25) is 0 Å². The predicted octanol–water partition coefficient (Wildman–Crippen LogP) is 0.574. The van der Waals surface area contributed by atoms with Crippen LogP contribution in [0, 0.1) is 0 Å². The Kier molecular flexibility index (Phi) is 2.27. The van der Waals surface area contributed by atoms with Crippen LogP contribution in [0.4, 0.5) is 5.69 Å². The van der Waals surface area contributed by atoms with Gasteiger partial charge >= 0.3 is 0 Å². The van der Waals surface area contributed by atoms with Gasteiger partial charge < -0.3 is 10.6 Å². The summed E-state index contributed by atoms with van der Waals surface area (Å²) in [6.07, 6.45) is 6.26. The lowest BCUT2D eigenvalue weighted by Crippen LogP contribution is -2.29. The molecule has 0 spiro atoms. The summed E-state index contributed by atoms with van der Waals surface area (Å²) < 4.78 is 0. The molecule has 3 N–H and O–H groups in total. The second-order valence-corrected chi connectivity index (χ2v) is 3.16. The fourth-order valence-electron chi connectivity index (χ4n) is 1.52. The van der Waals surface area contributed by atoms with E-state index < -0.39 is 0 Å². The van der Waals surface area contributed by atoms with E-state index in [4.69, 9.17) is 0 Å². The maximum absolute atomic E-state index is 3.86. The quantitative estimate of drug-likeness (QED) is 0.615. The topological polar surface area (TPSA) is 52.7 Å². The van der Waals surface area contributed by atoms with E-state index in [0.717, 1.165) is 18.8 Å². The lowest BCUT2D eigenvalue weighted by molar-refractivity contribution is 0.633. The Morgan fingerprint density at radius 3 is 3.33 bits per heavy atom. The van der Waals surface area contributed by atoms with E-state index in [1.165, 1.54) is 12.8 Å². The molecule has 1 saturated heterocycles. The molecule has 1 aliphatic rings. The molecule has 1 aromatic rings. The minimum atomic E-state index is 0.639. The summed E-state index contributed by atoms with van der Waals surface area (Å²) in [5, 5.41) is 13.4. The first-order chi connectivity index (χ1) is 5.95. The van der Waals surface area contributed by atoms with E-state index in [-0.39, 0.29) is 0 Å². The molecule has 1 fully saturated rings. The van der Waals surface area contributed by atoms with Crippen molar-refractivity contribution in [1.82, 2.24) is 15.5 Å². The predicted molar refractivity (Wildman–Crippen MR) is 48.1 cm³/mol. The highest BCUT2D eigenvalue weighted by Crippen LogP contribution is 2.07. The van der Waals surface area contributed by atoms with Gasteiger partial charge in [0.05, 0.1) is 11.9 Å². The third kappa shape index (κ3) is 1.76. The monoisotopic (exact) mass is 166 g/mol. The van der Waals surface area contributed by atoms with Gasteiger partial charge in [-0.15, -0.1) is 0 Å². The van der Waals surface area contributed by atoms with Crippen LogP contribution in [0.3, 0.4) is 0 Å². The Morgan fingerprint density at radius 1 is 1.67 bits per heavy atom. The Hall–Kier alpha value is -1.03. The van der Waals surface area contributed by atoms with Crippen LogP contribution in [-0.2, 0) is 0 Å². The number of rotatable bonds is 3. The first-order valence-corrected chi connectivity index (χ1v) is 4.41. The van der Waals surface area contributed by atoms with E-state index in [2.05, 4.69) is 20.8 Å². The van der Waals surface area contributed by atoms with Gasteiger partial charge in [0.1, 0.15) is 0 Å². The maximum Gasteiger partial charge on any atom is 0.0724 e. The lowest BCUT2D eigenvalue weighted by Gasteiger charge is -2.10. The zero-order valence-electron chi connectivity index (χ0n) is 7.01. The molecule has 0 amide bonds. The third-order valence-corrected chi connectivity index (χ3v) is 2.21. The van der Waals surface area contributed by atoms with Gasteiger partial charge in [-0.05, 0) is 19.4 Å². The molecular weight excluding hydrogens is 152 g/mol. The largest absolute Gasteiger partial charge is 0.381 e. The molecule has 4 nitrogen and oxygen atoms in total. The zero-order valence-corrected chi connectivity index (χ0v) is 7.01. The molecule has 0 aliphatic carbocycles. The molecule has 1 unspecified atom stereocenters. The van der Waals surface area contributed by atoms with Crippen molar-refractivity contribution in [2.24, 2.45) is 0 Å². The van der Waals surface area contributed by atoms with Crippen molar-refractivity contribution in [2.75, 3.05) is 18.4 Å². The summed E-state index contributed by atoms with van der Waals surface area (Å²) in [6, 6.07) is 0.639. The van der Waals surface area contributed by atoms with E-state index in [1.807, 2.05) is 6.20 Å². The number of H-pyrrole nitrogens is 1. The molecule has 2 heterocycles. The molecule has 0 saturated carbocycles. The highest BCUT2D eigenvalue weighted by molar-refractivity contribution is 5.37. The minimum Gasteiger partial charge on any atom is -0.381 e. The van der Waals surface area contributed by atoms with Gasteiger partial charge in [-0.2, -0.15) is 5.10 Å². The van der Waals surface area contributed by atoms with Crippen LogP contribution >= 0.6 is 0 Å². The molecule has 0 aromatic carbocycles. The molecule has 1 aliphatic heterocycles. The lowest BCUT2D eigenvalue weighted by atomic mass is 10.2. The standard InChI is InChI=1S/C8H14N4/c1-2-7(9-3-1)4-10-8-5-11-12-6-8/h5-7,9-10H,1-4H2,(H,11,12). The van der Waals surface area contributed by atoms with Gasteiger partial charge in [-0.3, -0.25) is 5.10 Å². The SMILES string of the molecule is c1n[nH]cc1NCC1CCCN1. The van der Waals surface area contributed by atoms with E-state index in [0.29, 0.717) is 6.04 Å². The van der Waals surface area contributed by atoms with Crippen molar-refractivity contribution in [1.29, 1.82) is 0 Å². The highest BCUT2D eigenvalue weighted by atomic mass is 15.1. The summed E-state index contributed by atoms with van der Waals surface area (Å²) in [4.78, 5) is 0. The normalized spacial score (nSPS) is 22.8. The summed E-state index contributed by atoms with van der Waals surface area (Å²) in [6.45, 7) is 2.16. The summed E-state index contributed by atoms with van der Waals surface area (Å²) in [7, 11) is 0. The van der Waals surface area contributed by atoms with E-state index >= 15 is 0 Å². The second-order valence-electron chi connectivity index (χ2n) is 3.16. The molecule has 0 bridgehead atoms. The van der Waals surface area contributed by atoms with Crippen molar-refractivity contribution < 1.29 is 0 Å². The smallest absolute Gasteiger partial charge is 0.0724 e. The van der Waals surface area contributed by atoms with Gasteiger partial charge in [-0.25, -0.2) is 0 Å². The van der Waals surface area contributed by atoms with Crippen LogP contribution in [0.5, 0.6) is 0 Å². The second kappa shape index (κ2) is 3.58. The maximum atomic E-state index is 3.86. The number of anilines is 1. The van der Waals surface area contributed by atoms with Gasteiger partial charge in [0.25, 0.3) is 0 Å². The molecule has 2 rings (SSSR count). The number of hydrogen-bond acceptors (Lipinski definition) is 3. The number of nitrogens with one attached hydrogen (secondary N) is 3. The third-order valence-electron chi connectivity index (χ3n) is 2.21. The van der Waals surface area contributed by atoms with E-state index in [9.17, 15) is 0 Å². The van der Waals surface area contributed by atoms with Crippen molar-refractivity contribution in [3.8, 4) is 0 Å². The molecule has 0 radical (unpaired) electrons. The van der Waals surface area contributed by atoms with Crippen LogP contribution in [-0.4, -0.2) is 29.3 Å². The fourth-order valence-corrected chi connectivity index (χ4v) is 1.52. The summed E-state index contributed by atoms with van der Waals surface area (Å²) >= 11 is 0. The van der Waals surface area contributed by atoms with Crippen LogP contribution < -0.4 is 10.6 Å². The summed E-state index contributed by atoms with van der Waals surface area (Å²) in [5.41, 5.74) is 1.07. The first-order valence-electron chi connectivity index (χ1n) is 4.41. The Labute approximate surface area is 71.7 Å². The molecule has 1 aromatic heterocycles. The number of hydrogen-bond donors (Lipinski definition) is 3. The van der Waals surface area contributed by atoms with Gasteiger partial charge in [0.2, 0.25) is 0 Å². The Balaban J connectivity index is 1.74. The minimum absolute atomic E-state index is 0.639. The molecule has 66 valence electrons. The number of aromatic amines is 1. The molecule has 12 heavy (non-hydrogen) atoms. The summed E-state index contributed by atoms with van der Waals surface area (Å²) in [5.74, 6) is 0. The Morgan fingerprint density at radius 2 is 2.67 bits per heavy atom. The van der Waals surface area contributed by atoms with Gasteiger partial charge in [0.15, 0.2) is 0 Å². The van der Waals surface area contributed by atoms with Crippen LogP contribution in [0.1, 0.15) is 12.8 Å². The number of aromatic nitrogens is 2. The van der Waals surface area contributed by atoms with Crippen LogP contribution in [0.15, 0.2) is 12.4 Å². The number of nitrogens with zero attached hydrogens (tertiary/aromatic N) is 1. The average Bonchev–Trinajstić information content (AvgIpc) is 2.74. The van der Waals surface area contributed by atoms with Gasteiger partial charge in [0, 0.05) is 18.8 Å². The van der Waals surface area contributed by atoms with Crippen molar-refractivity contribution >= 4 is 5.69 Å². The first kappa shape index (κ1) is 7.61. The highest BCUT2D eigenvalue weighted by Gasteiger charge is 2.12. The zero-order chi connectivity index (χ0) is 8.23. The average molecular weight is 166 g/mol. The van der Waals surface area contributed by atoms with Gasteiger partial charge in [-0.1, -0.05) is 0 Å². The molecule has 4 heteroatoms. The van der Waals surface area contributed by atoms with Crippen molar-refractivity contribution in [3.05, 3.63) is 12.4 Å². The van der Waals surface area contributed by atoms with Crippen molar-refractivity contribution in [3.63, 3.8) is 0 Å².